The minimum Gasteiger partial charge on any atom is -0.325 e. The van der Waals surface area contributed by atoms with Crippen molar-refractivity contribution < 1.29 is 19.2 Å². The van der Waals surface area contributed by atoms with Crippen LogP contribution in [0.5, 0.6) is 0 Å². The van der Waals surface area contributed by atoms with Gasteiger partial charge in [0.15, 0.2) is 5.78 Å². The van der Waals surface area contributed by atoms with Gasteiger partial charge in [0, 0.05) is 11.3 Å². The van der Waals surface area contributed by atoms with Crippen molar-refractivity contribution in [2.24, 2.45) is 0 Å². The summed E-state index contributed by atoms with van der Waals surface area (Å²) in [6.07, 6.45) is 0. The Morgan fingerprint density at radius 1 is 0.968 bits per heavy atom. The average Bonchev–Trinajstić information content (AvgIpc) is 2.97. The number of ketones is 1. The van der Waals surface area contributed by atoms with Gasteiger partial charge in [0.05, 0.1) is 0 Å². The number of amides is 4. The van der Waals surface area contributed by atoms with Gasteiger partial charge in [-0.3, -0.25) is 19.3 Å². The van der Waals surface area contributed by atoms with Crippen LogP contribution in [0.15, 0.2) is 66.7 Å². The molecule has 4 amide bonds. The molecule has 0 bridgehead atoms. The fourth-order valence-electron chi connectivity index (χ4n) is 3.82. The number of Topliss-reactive ketones (excluding diaryl/α,β-unsaturated/α-hetero) is 1. The number of imide groups is 1. The molecule has 3 aromatic rings. The molecule has 0 aromatic heterocycles. The highest BCUT2D eigenvalue weighted by Crippen LogP contribution is 2.33. The van der Waals surface area contributed by atoms with Gasteiger partial charge in [0.25, 0.3) is 5.91 Å². The summed E-state index contributed by atoms with van der Waals surface area (Å²) in [5.74, 6) is -1.08. The molecule has 1 aliphatic rings. The summed E-state index contributed by atoms with van der Waals surface area (Å²) >= 11 is 0. The molecule has 1 saturated heterocycles. The number of rotatable bonds is 5. The lowest BCUT2D eigenvalue weighted by Gasteiger charge is -2.24. The molecule has 1 heterocycles. The molecule has 1 atom stereocenters. The van der Waals surface area contributed by atoms with Crippen molar-refractivity contribution in [1.29, 1.82) is 0 Å². The molecular weight excluding hydrogens is 394 g/mol. The van der Waals surface area contributed by atoms with Crippen LogP contribution >= 0.6 is 0 Å². The number of hydrogen-bond donors (Lipinski definition) is 2. The van der Waals surface area contributed by atoms with Crippen LogP contribution in [0.3, 0.4) is 0 Å². The minimum absolute atomic E-state index is 0.0788. The van der Waals surface area contributed by atoms with Gasteiger partial charge in [-0.2, -0.15) is 0 Å². The van der Waals surface area contributed by atoms with E-state index < -0.39 is 29.9 Å². The van der Waals surface area contributed by atoms with E-state index in [9.17, 15) is 19.2 Å². The normalized spacial score (nSPS) is 18.2. The highest BCUT2D eigenvalue weighted by molar-refractivity contribution is 6.11. The molecule has 2 N–H and O–H groups in total. The van der Waals surface area contributed by atoms with Crippen molar-refractivity contribution in [3.05, 3.63) is 77.9 Å². The molecule has 4 rings (SSSR count). The van der Waals surface area contributed by atoms with Crippen LogP contribution in [0.4, 0.5) is 10.5 Å². The van der Waals surface area contributed by atoms with Gasteiger partial charge >= 0.3 is 6.03 Å². The Kier molecular flexibility index (Phi) is 5.02. The summed E-state index contributed by atoms with van der Waals surface area (Å²) < 4.78 is 0. The number of carbonyl (C=O) groups excluding carboxylic acids is 4. The van der Waals surface area contributed by atoms with Crippen molar-refractivity contribution >= 4 is 40.1 Å². The molecule has 0 saturated carbocycles. The summed E-state index contributed by atoms with van der Waals surface area (Å²) in [6.45, 7) is 2.69. The molecular formula is C24H21N3O4. The standard InChI is InChI=1S/C24H21N3O4/c1-15(28)16-10-12-18(13-11-16)25-21(29)14-27-22(30)24(2,26-23(27)31)20-9-5-7-17-6-3-4-8-19(17)20/h3-13H,14H2,1-2H3,(H,25,29)(H,26,31). The maximum atomic E-state index is 13.2. The third kappa shape index (κ3) is 3.66. The summed E-state index contributed by atoms with van der Waals surface area (Å²) in [7, 11) is 0. The van der Waals surface area contributed by atoms with Crippen molar-refractivity contribution in [1.82, 2.24) is 10.2 Å². The highest BCUT2D eigenvalue weighted by Gasteiger charge is 2.50. The van der Waals surface area contributed by atoms with Crippen molar-refractivity contribution in [3.8, 4) is 0 Å². The predicted molar refractivity (Wildman–Crippen MR) is 117 cm³/mol. The van der Waals surface area contributed by atoms with Crippen molar-refractivity contribution in [2.75, 3.05) is 11.9 Å². The molecule has 0 spiro atoms. The first-order valence-electron chi connectivity index (χ1n) is 9.83. The Balaban J connectivity index is 1.54. The van der Waals surface area contributed by atoms with Gasteiger partial charge in [-0.25, -0.2) is 4.79 Å². The number of hydrogen-bond acceptors (Lipinski definition) is 4. The van der Waals surface area contributed by atoms with Gasteiger partial charge < -0.3 is 10.6 Å². The second kappa shape index (κ2) is 7.68. The van der Waals surface area contributed by atoms with Gasteiger partial charge in [-0.05, 0) is 54.4 Å². The molecule has 3 aromatic carbocycles. The molecule has 156 valence electrons. The van der Waals surface area contributed by atoms with Gasteiger partial charge in [-0.15, -0.1) is 0 Å². The van der Waals surface area contributed by atoms with Crippen LogP contribution < -0.4 is 10.6 Å². The first-order valence-corrected chi connectivity index (χ1v) is 9.83. The number of carbonyl (C=O) groups is 4. The fourth-order valence-corrected chi connectivity index (χ4v) is 3.82. The lowest BCUT2D eigenvalue weighted by Crippen LogP contribution is -2.42. The van der Waals surface area contributed by atoms with E-state index in [0.717, 1.165) is 15.7 Å². The molecule has 7 heteroatoms. The van der Waals surface area contributed by atoms with E-state index >= 15 is 0 Å². The second-order valence-corrected chi connectivity index (χ2v) is 7.65. The lowest BCUT2D eigenvalue weighted by molar-refractivity contribution is -0.133. The summed E-state index contributed by atoms with van der Waals surface area (Å²) in [4.78, 5) is 50.6. The number of anilines is 1. The van der Waals surface area contributed by atoms with Crippen LogP contribution in [-0.4, -0.2) is 35.1 Å². The first-order chi connectivity index (χ1) is 14.8. The smallest absolute Gasteiger partial charge is 0.325 e. The zero-order valence-electron chi connectivity index (χ0n) is 17.1. The zero-order chi connectivity index (χ0) is 22.2. The van der Waals surface area contributed by atoms with E-state index in [1.165, 1.54) is 6.92 Å². The van der Waals surface area contributed by atoms with E-state index in [1.54, 1.807) is 37.3 Å². The summed E-state index contributed by atoms with van der Waals surface area (Å²) in [5, 5.41) is 7.21. The Hall–Kier alpha value is -4.00. The molecule has 0 radical (unpaired) electrons. The van der Waals surface area contributed by atoms with Crippen LogP contribution in [0.1, 0.15) is 29.8 Å². The Bertz CT molecular complexity index is 1210. The quantitative estimate of drug-likeness (QED) is 0.493. The third-order valence-electron chi connectivity index (χ3n) is 5.48. The minimum atomic E-state index is -1.28. The predicted octanol–water partition coefficient (Wildman–Crippen LogP) is 3.45. The van der Waals surface area contributed by atoms with Crippen LogP contribution in [-0.2, 0) is 15.1 Å². The maximum absolute atomic E-state index is 13.2. The van der Waals surface area contributed by atoms with Crippen molar-refractivity contribution in [2.45, 2.75) is 19.4 Å². The molecule has 1 aliphatic heterocycles. The first kappa shape index (κ1) is 20.3. The molecule has 1 unspecified atom stereocenters. The molecule has 1 fully saturated rings. The molecule has 0 aliphatic carbocycles. The van der Waals surface area contributed by atoms with Crippen LogP contribution in [0, 0.1) is 0 Å². The topological polar surface area (TPSA) is 95.6 Å². The summed E-state index contributed by atoms with van der Waals surface area (Å²) in [6, 6.07) is 19.0. The lowest BCUT2D eigenvalue weighted by atomic mass is 9.88. The van der Waals surface area contributed by atoms with Gasteiger partial charge in [0.1, 0.15) is 12.1 Å². The Morgan fingerprint density at radius 2 is 1.65 bits per heavy atom. The Labute approximate surface area is 179 Å². The zero-order valence-corrected chi connectivity index (χ0v) is 17.1. The Morgan fingerprint density at radius 3 is 2.35 bits per heavy atom. The van der Waals surface area contributed by atoms with Crippen LogP contribution in [0.25, 0.3) is 10.8 Å². The van der Waals surface area contributed by atoms with E-state index in [1.807, 2.05) is 36.4 Å². The van der Waals surface area contributed by atoms with Crippen LogP contribution in [0.2, 0.25) is 0 Å². The third-order valence-corrected chi connectivity index (χ3v) is 5.48. The molecule has 7 nitrogen and oxygen atoms in total. The SMILES string of the molecule is CC(=O)c1ccc(NC(=O)CN2C(=O)NC(C)(c3cccc4ccccc34)C2=O)cc1. The maximum Gasteiger partial charge on any atom is 0.325 e. The van der Waals surface area contributed by atoms with Gasteiger partial charge in [-0.1, -0.05) is 42.5 Å². The number of fused-ring (bicyclic) bond motifs is 1. The number of nitrogens with zero attached hydrogens (tertiary/aromatic N) is 1. The summed E-state index contributed by atoms with van der Waals surface area (Å²) in [5.41, 5.74) is 0.393. The monoisotopic (exact) mass is 415 g/mol. The second-order valence-electron chi connectivity index (χ2n) is 7.65. The van der Waals surface area contributed by atoms with E-state index in [-0.39, 0.29) is 5.78 Å². The molecule has 31 heavy (non-hydrogen) atoms. The number of nitrogens with one attached hydrogen (secondary N) is 2. The van der Waals surface area contributed by atoms with E-state index in [2.05, 4.69) is 10.6 Å². The number of urea groups is 1. The highest BCUT2D eigenvalue weighted by atomic mass is 16.2. The van der Waals surface area contributed by atoms with E-state index in [4.69, 9.17) is 0 Å². The van der Waals surface area contributed by atoms with E-state index in [0.29, 0.717) is 16.8 Å². The average molecular weight is 415 g/mol. The largest absolute Gasteiger partial charge is 0.325 e. The van der Waals surface area contributed by atoms with Crippen molar-refractivity contribution in [3.63, 3.8) is 0 Å². The number of benzene rings is 3. The fraction of sp³-hybridized carbons (Fsp3) is 0.167. The van der Waals surface area contributed by atoms with Gasteiger partial charge in [0.2, 0.25) is 5.91 Å².